The number of alkyl halides is 5. The van der Waals surface area contributed by atoms with Crippen molar-refractivity contribution < 1.29 is 35.8 Å². The standard InChI is InChI=1S/C25H34F6O2/c1-3-4-5-6-17-8-10-18(11-9-17)19-12-14-21(32-15-19)25(30,31)33-20-13-7-16(2)23(26)22(20)24(27,28)29/h7,13,17-19,21H,3-6,8-12,14-15H2,1-2H3. The van der Waals surface area contributed by atoms with Crippen LogP contribution >= 0.6 is 0 Å². The minimum absolute atomic E-state index is 0.0101. The summed E-state index contributed by atoms with van der Waals surface area (Å²) in [5.41, 5.74) is -2.11. The number of aryl methyl sites for hydroxylation is 1. The molecule has 2 unspecified atom stereocenters. The first-order valence-corrected chi connectivity index (χ1v) is 12.1. The second kappa shape index (κ2) is 10.9. The van der Waals surface area contributed by atoms with Crippen LogP contribution in [0.5, 0.6) is 5.75 Å². The van der Waals surface area contributed by atoms with Gasteiger partial charge in [0.25, 0.3) is 0 Å². The van der Waals surface area contributed by atoms with Crippen molar-refractivity contribution in [2.45, 2.75) is 96.4 Å². The highest BCUT2D eigenvalue weighted by Crippen LogP contribution is 2.44. The molecular weight excluding hydrogens is 446 g/mol. The molecule has 1 aliphatic carbocycles. The Morgan fingerprint density at radius 3 is 2.18 bits per heavy atom. The van der Waals surface area contributed by atoms with E-state index in [1.54, 1.807) is 0 Å². The van der Waals surface area contributed by atoms with E-state index in [9.17, 15) is 26.3 Å². The van der Waals surface area contributed by atoms with Crippen LogP contribution in [-0.4, -0.2) is 18.8 Å². The van der Waals surface area contributed by atoms with Crippen molar-refractivity contribution in [2.75, 3.05) is 6.61 Å². The fraction of sp³-hybridized carbons (Fsp3) is 0.760. The third-order valence-electron chi connectivity index (χ3n) is 7.29. The van der Waals surface area contributed by atoms with Crippen LogP contribution in [0.4, 0.5) is 26.3 Å². The van der Waals surface area contributed by atoms with E-state index in [0.717, 1.165) is 50.7 Å². The van der Waals surface area contributed by atoms with E-state index in [4.69, 9.17) is 4.74 Å². The fourth-order valence-corrected chi connectivity index (χ4v) is 5.26. The van der Waals surface area contributed by atoms with Gasteiger partial charge in [0.15, 0.2) is 6.10 Å². The zero-order valence-corrected chi connectivity index (χ0v) is 19.3. The van der Waals surface area contributed by atoms with E-state index in [0.29, 0.717) is 12.3 Å². The molecule has 0 bridgehead atoms. The van der Waals surface area contributed by atoms with E-state index >= 15 is 0 Å². The van der Waals surface area contributed by atoms with Crippen molar-refractivity contribution >= 4 is 0 Å². The lowest BCUT2D eigenvalue weighted by Crippen LogP contribution is -2.46. The highest BCUT2D eigenvalue weighted by molar-refractivity contribution is 5.40. The summed E-state index contributed by atoms with van der Waals surface area (Å²) in [5.74, 6) is -1.46. The molecule has 0 amide bonds. The summed E-state index contributed by atoms with van der Waals surface area (Å²) < 4.78 is 93.2. The molecule has 1 saturated carbocycles. The van der Waals surface area contributed by atoms with Gasteiger partial charge < -0.3 is 9.47 Å². The molecule has 1 aliphatic heterocycles. The molecule has 0 spiro atoms. The molecule has 0 radical (unpaired) electrons. The van der Waals surface area contributed by atoms with Crippen LogP contribution in [0.2, 0.25) is 0 Å². The van der Waals surface area contributed by atoms with Gasteiger partial charge in [0.05, 0.1) is 6.61 Å². The van der Waals surface area contributed by atoms with E-state index in [1.807, 2.05) is 0 Å². The molecule has 8 heteroatoms. The summed E-state index contributed by atoms with van der Waals surface area (Å²) in [5, 5.41) is 0. The van der Waals surface area contributed by atoms with Gasteiger partial charge in [-0.25, -0.2) is 4.39 Å². The molecule has 1 saturated heterocycles. The molecule has 0 aromatic heterocycles. The van der Waals surface area contributed by atoms with Crippen LogP contribution in [0.15, 0.2) is 12.1 Å². The Balaban J connectivity index is 1.55. The minimum atomic E-state index is -5.16. The van der Waals surface area contributed by atoms with Crippen LogP contribution in [0, 0.1) is 30.5 Å². The highest BCUT2D eigenvalue weighted by atomic mass is 19.4. The summed E-state index contributed by atoms with van der Waals surface area (Å²) in [7, 11) is 0. The van der Waals surface area contributed by atoms with Gasteiger partial charge in [0.1, 0.15) is 17.1 Å². The molecule has 1 aromatic rings. The molecule has 33 heavy (non-hydrogen) atoms. The third kappa shape index (κ3) is 6.58. The zero-order valence-electron chi connectivity index (χ0n) is 19.3. The SMILES string of the molecule is CCCCCC1CCC(C2CCC(C(F)(F)Oc3ccc(C)c(F)c3C(F)(F)F)OC2)CC1. The van der Waals surface area contributed by atoms with Gasteiger partial charge in [0, 0.05) is 0 Å². The summed E-state index contributed by atoms with van der Waals surface area (Å²) in [6.45, 7) is 3.47. The molecule has 188 valence electrons. The Morgan fingerprint density at radius 1 is 0.939 bits per heavy atom. The minimum Gasteiger partial charge on any atom is -0.430 e. The Hall–Kier alpha value is -1.44. The highest BCUT2D eigenvalue weighted by Gasteiger charge is 2.49. The lowest BCUT2D eigenvalue weighted by molar-refractivity contribution is -0.268. The molecular formula is C25H34F6O2. The maximum atomic E-state index is 14.7. The van der Waals surface area contributed by atoms with Gasteiger partial charge >= 0.3 is 12.3 Å². The molecule has 2 atom stereocenters. The number of halogens is 6. The Labute approximate surface area is 192 Å². The summed E-state index contributed by atoms with van der Waals surface area (Å²) >= 11 is 0. The van der Waals surface area contributed by atoms with Gasteiger partial charge in [-0.3, -0.25) is 0 Å². The van der Waals surface area contributed by atoms with Crippen molar-refractivity contribution in [2.24, 2.45) is 17.8 Å². The Kier molecular flexibility index (Phi) is 8.62. The van der Waals surface area contributed by atoms with Gasteiger partial charge in [-0.2, -0.15) is 22.0 Å². The van der Waals surface area contributed by atoms with Crippen molar-refractivity contribution in [3.8, 4) is 5.75 Å². The predicted molar refractivity (Wildman–Crippen MR) is 114 cm³/mol. The molecule has 2 fully saturated rings. The van der Waals surface area contributed by atoms with Crippen LogP contribution in [0.1, 0.15) is 82.3 Å². The third-order valence-corrected chi connectivity index (χ3v) is 7.29. The molecule has 2 aliphatic rings. The largest absolute Gasteiger partial charge is 0.430 e. The number of benzene rings is 1. The van der Waals surface area contributed by atoms with Crippen molar-refractivity contribution in [3.05, 3.63) is 29.1 Å². The van der Waals surface area contributed by atoms with Crippen LogP contribution < -0.4 is 4.74 Å². The first-order chi connectivity index (χ1) is 15.5. The average Bonchev–Trinajstić information content (AvgIpc) is 2.76. The lowest BCUT2D eigenvalue weighted by Gasteiger charge is -2.39. The smallest absolute Gasteiger partial charge is 0.424 e. The zero-order chi connectivity index (χ0) is 24.2. The monoisotopic (exact) mass is 480 g/mol. The van der Waals surface area contributed by atoms with Crippen LogP contribution in [-0.2, 0) is 10.9 Å². The Morgan fingerprint density at radius 2 is 1.61 bits per heavy atom. The number of hydrogen-bond donors (Lipinski definition) is 0. The van der Waals surface area contributed by atoms with Gasteiger partial charge in [-0.1, -0.05) is 51.5 Å². The van der Waals surface area contributed by atoms with Crippen LogP contribution in [0.3, 0.4) is 0 Å². The fourth-order valence-electron chi connectivity index (χ4n) is 5.26. The van der Waals surface area contributed by atoms with Crippen molar-refractivity contribution in [1.29, 1.82) is 0 Å². The van der Waals surface area contributed by atoms with Gasteiger partial charge in [0.2, 0.25) is 0 Å². The number of hydrogen-bond acceptors (Lipinski definition) is 2. The second-order valence-corrected chi connectivity index (χ2v) is 9.67. The van der Waals surface area contributed by atoms with Crippen molar-refractivity contribution in [3.63, 3.8) is 0 Å². The number of ether oxygens (including phenoxy) is 2. The second-order valence-electron chi connectivity index (χ2n) is 9.67. The van der Waals surface area contributed by atoms with E-state index < -0.39 is 35.5 Å². The summed E-state index contributed by atoms with van der Waals surface area (Å²) in [4.78, 5) is 0. The van der Waals surface area contributed by atoms with Crippen molar-refractivity contribution in [1.82, 2.24) is 0 Å². The molecule has 0 N–H and O–H groups in total. The van der Waals surface area contributed by atoms with E-state index in [1.165, 1.54) is 25.7 Å². The molecule has 1 heterocycles. The number of unbranched alkanes of at least 4 members (excludes halogenated alkanes) is 2. The van der Waals surface area contributed by atoms with Gasteiger partial charge in [-0.15, -0.1) is 0 Å². The predicted octanol–water partition coefficient (Wildman–Crippen LogP) is 8.31. The Bertz CT molecular complexity index is 763. The topological polar surface area (TPSA) is 18.5 Å². The maximum absolute atomic E-state index is 14.7. The quantitative estimate of drug-likeness (QED) is 0.275. The van der Waals surface area contributed by atoms with Crippen LogP contribution in [0.25, 0.3) is 0 Å². The molecule has 2 nitrogen and oxygen atoms in total. The molecule has 3 rings (SSSR count). The normalized spacial score (nSPS) is 26.9. The lowest BCUT2D eigenvalue weighted by atomic mass is 9.73. The summed E-state index contributed by atoms with van der Waals surface area (Å²) in [6, 6.07) is 1.73. The van der Waals surface area contributed by atoms with E-state index in [-0.39, 0.29) is 24.5 Å². The molecule has 1 aromatic carbocycles. The maximum Gasteiger partial charge on any atom is 0.424 e. The first kappa shape index (κ1) is 26.2. The van der Waals surface area contributed by atoms with E-state index in [2.05, 4.69) is 11.7 Å². The first-order valence-electron chi connectivity index (χ1n) is 12.1. The summed E-state index contributed by atoms with van der Waals surface area (Å²) in [6.07, 6.45) is -0.868. The average molecular weight is 481 g/mol. The number of rotatable bonds is 8. The van der Waals surface area contributed by atoms with Gasteiger partial charge in [-0.05, 0) is 62.0 Å².